The lowest BCUT2D eigenvalue weighted by molar-refractivity contribution is -0.109. The fourth-order valence-corrected chi connectivity index (χ4v) is 3.83. The van der Waals surface area contributed by atoms with Gasteiger partial charge in [-0.3, -0.25) is 0 Å². The Bertz CT molecular complexity index is 809. The molecule has 2 heterocycles. The van der Waals surface area contributed by atoms with Gasteiger partial charge < -0.3 is 10.1 Å². The molecule has 0 amide bonds. The maximum atomic E-state index is 13.2. The van der Waals surface area contributed by atoms with Crippen LogP contribution in [-0.4, -0.2) is 29.7 Å². The minimum Gasteiger partial charge on any atom is -0.379 e. The molecule has 4 rings (SSSR count). The number of hydrogen-bond donors (Lipinski definition) is 1. The number of benzene rings is 1. The smallest absolute Gasteiger partial charge is 0.248 e. The van der Waals surface area contributed by atoms with Crippen LogP contribution in [0.15, 0.2) is 36.4 Å². The summed E-state index contributed by atoms with van der Waals surface area (Å²) in [4.78, 5) is 4.75. The van der Waals surface area contributed by atoms with Crippen LogP contribution in [0.2, 0.25) is 0 Å². The first-order valence-electron chi connectivity index (χ1n) is 9.32. The van der Waals surface area contributed by atoms with E-state index in [9.17, 15) is 13.2 Å². The first-order chi connectivity index (χ1) is 12.8. The second-order valence-corrected chi connectivity index (χ2v) is 8.03. The predicted molar refractivity (Wildman–Crippen MR) is 98.5 cm³/mol. The highest BCUT2D eigenvalue weighted by molar-refractivity contribution is 5.63. The van der Waals surface area contributed by atoms with E-state index in [-0.39, 0.29) is 30.1 Å². The molecule has 1 N–H and O–H groups in total. The highest BCUT2D eigenvalue weighted by atomic mass is 19.3. The Morgan fingerprint density at radius 2 is 1.89 bits per heavy atom. The third-order valence-corrected chi connectivity index (χ3v) is 5.44. The standard InChI is InChI=1S/C21H23F3N2O/c1-20(8-9-27-13-20)26-19-16(10-14-11-21(23,24)12-14)4-7-18(25-19)15-2-5-17(22)6-3-15/h2-7,14H,8-13H2,1H3,(H,25,26). The van der Waals surface area contributed by atoms with Crippen molar-refractivity contribution in [2.24, 2.45) is 5.92 Å². The molecule has 1 saturated carbocycles. The zero-order valence-electron chi connectivity index (χ0n) is 15.3. The number of hydrogen-bond acceptors (Lipinski definition) is 3. The third-order valence-electron chi connectivity index (χ3n) is 5.44. The molecule has 2 fully saturated rings. The van der Waals surface area contributed by atoms with Gasteiger partial charge in [0.2, 0.25) is 5.92 Å². The van der Waals surface area contributed by atoms with Crippen LogP contribution in [-0.2, 0) is 11.2 Å². The summed E-state index contributed by atoms with van der Waals surface area (Å²) in [7, 11) is 0. The molecule has 6 heteroatoms. The van der Waals surface area contributed by atoms with E-state index in [4.69, 9.17) is 9.72 Å². The van der Waals surface area contributed by atoms with Gasteiger partial charge in [0.1, 0.15) is 11.6 Å². The molecule has 1 aromatic heterocycles. The Hall–Kier alpha value is -2.08. The van der Waals surface area contributed by atoms with Crippen LogP contribution in [0.3, 0.4) is 0 Å². The summed E-state index contributed by atoms with van der Waals surface area (Å²) in [6, 6.07) is 10.0. The number of nitrogens with one attached hydrogen (secondary N) is 1. The van der Waals surface area contributed by atoms with Crippen LogP contribution in [0.1, 0.15) is 31.7 Å². The molecular weight excluding hydrogens is 353 g/mol. The number of anilines is 1. The van der Waals surface area contributed by atoms with E-state index in [2.05, 4.69) is 12.2 Å². The summed E-state index contributed by atoms with van der Waals surface area (Å²) in [6.07, 6.45) is 1.31. The number of pyridine rings is 1. The van der Waals surface area contributed by atoms with E-state index < -0.39 is 5.92 Å². The van der Waals surface area contributed by atoms with Crippen molar-refractivity contribution in [1.82, 2.24) is 4.98 Å². The van der Waals surface area contributed by atoms with Crippen LogP contribution in [0, 0.1) is 11.7 Å². The van der Waals surface area contributed by atoms with Crippen LogP contribution >= 0.6 is 0 Å². The molecule has 1 aliphatic heterocycles. The second-order valence-electron chi connectivity index (χ2n) is 8.03. The van der Waals surface area contributed by atoms with Crippen molar-refractivity contribution in [2.45, 2.75) is 44.1 Å². The summed E-state index contributed by atoms with van der Waals surface area (Å²) in [6.45, 7) is 3.34. The molecule has 2 aromatic rings. The Balaban J connectivity index is 1.62. The molecule has 0 spiro atoms. The Morgan fingerprint density at radius 1 is 1.15 bits per heavy atom. The van der Waals surface area contributed by atoms with E-state index in [0.29, 0.717) is 25.5 Å². The molecule has 1 atom stereocenters. The van der Waals surface area contributed by atoms with Crippen molar-refractivity contribution in [3.63, 3.8) is 0 Å². The maximum Gasteiger partial charge on any atom is 0.248 e. The monoisotopic (exact) mass is 376 g/mol. The molecule has 0 bridgehead atoms. The largest absolute Gasteiger partial charge is 0.379 e. The van der Waals surface area contributed by atoms with Gasteiger partial charge in [0.25, 0.3) is 0 Å². The van der Waals surface area contributed by atoms with E-state index in [1.54, 1.807) is 12.1 Å². The van der Waals surface area contributed by atoms with Gasteiger partial charge in [0.15, 0.2) is 0 Å². The minimum atomic E-state index is -2.52. The molecule has 1 aliphatic carbocycles. The molecule has 1 saturated heterocycles. The number of rotatable bonds is 5. The molecule has 1 aromatic carbocycles. The zero-order valence-corrected chi connectivity index (χ0v) is 15.3. The summed E-state index contributed by atoms with van der Waals surface area (Å²) in [5.74, 6) is -2.13. The number of nitrogens with zero attached hydrogens (tertiary/aromatic N) is 1. The van der Waals surface area contributed by atoms with Crippen molar-refractivity contribution >= 4 is 5.82 Å². The number of alkyl halides is 2. The highest BCUT2D eigenvalue weighted by Crippen LogP contribution is 2.44. The normalized spacial score (nSPS) is 24.6. The molecule has 0 radical (unpaired) electrons. The van der Waals surface area contributed by atoms with E-state index in [1.165, 1.54) is 12.1 Å². The lowest BCUT2D eigenvalue weighted by Crippen LogP contribution is -2.38. The van der Waals surface area contributed by atoms with Gasteiger partial charge in [-0.1, -0.05) is 6.07 Å². The Labute approximate surface area is 157 Å². The van der Waals surface area contributed by atoms with Crippen molar-refractivity contribution in [1.29, 1.82) is 0 Å². The SMILES string of the molecule is CC1(Nc2nc(-c3ccc(F)cc3)ccc2CC2CC(F)(F)C2)CCOC1. The quantitative estimate of drug-likeness (QED) is 0.791. The van der Waals surface area contributed by atoms with E-state index in [1.807, 2.05) is 12.1 Å². The number of halogens is 3. The van der Waals surface area contributed by atoms with Gasteiger partial charge in [0.05, 0.1) is 17.8 Å². The van der Waals surface area contributed by atoms with Crippen molar-refractivity contribution in [3.8, 4) is 11.3 Å². The predicted octanol–water partition coefficient (Wildman–Crippen LogP) is 5.07. The summed E-state index contributed by atoms with van der Waals surface area (Å²) in [5, 5.41) is 3.48. The Kier molecular flexibility index (Phi) is 4.62. The van der Waals surface area contributed by atoms with Gasteiger partial charge >= 0.3 is 0 Å². The number of ether oxygens (including phenoxy) is 1. The van der Waals surface area contributed by atoms with Crippen LogP contribution in [0.4, 0.5) is 19.0 Å². The average Bonchev–Trinajstić information content (AvgIpc) is 3.02. The molecule has 144 valence electrons. The summed E-state index contributed by atoms with van der Waals surface area (Å²) in [5.41, 5.74) is 2.25. The second kappa shape index (κ2) is 6.82. The first-order valence-corrected chi connectivity index (χ1v) is 9.32. The number of aromatic nitrogens is 1. The Morgan fingerprint density at radius 3 is 2.52 bits per heavy atom. The summed E-state index contributed by atoms with van der Waals surface area (Å²) < 4.78 is 45.2. The molecule has 27 heavy (non-hydrogen) atoms. The first kappa shape index (κ1) is 18.3. The fraction of sp³-hybridized carbons (Fsp3) is 0.476. The lowest BCUT2D eigenvalue weighted by atomic mass is 9.77. The van der Waals surface area contributed by atoms with Crippen molar-refractivity contribution in [2.75, 3.05) is 18.5 Å². The van der Waals surface area contributed by atoms with Crippen LogP contribution < -0.4 is 5.32 Å². The van der Waals surface area contributed by atoms with E-state index >= 15 is 0 Å². The molecule has 1 unspecified atom stereocenters. The van der Waals surface area contributed by atoms with Gasteiger partial charge in [-0.15, -0.1) is 0 Å². The minimum absolute atomic E-state index is 0.0216. The molecule has 2 aliphatic rings. The molecular formula is C21H23F3N2O. The van der Waals surface area contributed by atoms with Gasteiger partial charge in [0, 0.05) is 25.0 Å². The highest BCUT2D eigenvalue weighted by Gasteiger charge is 2.45. The maximum absolute atomic E-state index is 13.2. The summed E-state index contributed by atoms with van der Waals surface area (Å²) >= 11 is 0. The van der Waals surface area contributed by atoms with Gasteiger partial charge in [-0.25, -0.2) is 18.2 Å². The zero-order chi connectivity index (χ0) is 19.1. The average molecular weight is 376 g/mol. The van der Waals surface area contributed by atoms with Gasteiger partial charge in [-0.05, 0) is 61.6 Å². The van der Waals surface area contributed by atoms with Crippen molar-refractivity contribution < 1.29 is 17.9 Å². The van der Waals surface area contributed by atoms with Crippen LogP contribution in [0.25, 0.3) is 11.3 Å². The third kappa shape index (κ3) is 4.10. The molecule has 3 nitrogen and oxygen atoms in total. The van der Waals surface area contributed by atoms with Gasteiger partial charge in [-0.2, -0.15) is 0 Å². The van der Waals surface area contributed by atoms with Crippen LogP contribution in [0.5, 0.6) is 0 Å². The lowest BCUT2D eigenvalue weighted by Gasteiger charge is -2.35. The van der Waals surface area contributed by atoms with E-state index in [0.717, 1.165) is 23.2 Å². The topological polar surface area (TPSA) is 34.2 Å². The van der Waals surface area contributed by atoms with Crippen molar-refractivity contribution in [3.05, 3.63) is 47.8 Å². The fourth-order valence-electron chi connectivity index (χ4n) is 3.83.